The summed E-state index contributed by atoms with van der Waals surface area (Å²) in [6.45, 7) is 0. The highest BCUT2D eigenvalue weighted by Gasteiger charge is 1.83. The smallest absolute Gasteiger partial charge is 0.229 e. The lowest BCUT2D eigenvalue weighted by molar-refractivity contribution is -0.117. The molecule has 0 aliphatic carbocycles. The van der Waals surface area contributed by atoms with E-state index in [4.69, 9.17) is 5.73 Å². The van der Waals surface area contributed by atoms with Crippen LogP contribution in [0.3, 0.4) is 0 Å². The fourth-order valence-electron chi connectivity index (χ4n) is 0.165. The van der Waals surface area contributed by atoms with Crippen LogP contribution < -0.4 is 5.73 Å². The number of rotatable bonds is 1. The van der Waals surface area contributed by atoms with Gasteiger partial charge in [0.15, 0.2) is 0 Å². The lowest BCUT2D eigenvalue weighted by Gasteiger charge is -1.76. The van der Waals surface area contributed by atoms with Gasteiger partial charge in [0.2, 0.25) is 5.91 Å². The van der Waals surface area contributed by atoms with Gasteiger partial charge in [0.05, 0.1) is 6.42 Å². The summed E-state index contributed by atoms with van der Waals surface area (Å²) in [5, 5.41) is 0. The number of nitrogens with two attached hydrogens (primary N) is 1. The first kappa shape index (κ1) is 8.19. The molecule has 0 saturated heterocycles. The van der Waals surface area contributed by atoms with Crippen LogP contribution in [0.4, 0.5) is 0 Å². The van der Waals surface area contributed by atoms with Gasteiger partial charge in [0, 0.05) is 6.22 Å². The van der Waals surface area contributed by atoms with Crippen LogP contribution in [0.5, 0.6) is 0 Å². The van der Waals surface area contributed by atoms with E-state index in [1.165, 1.54) is 0 Å². The Labute approximate surface area is 62.9 Å². The van der Waals surface area contributed by atoms with Crippen LogP contribution in [0.1, 0.15) is 6.42 Å². The molecule has 0 saturated carbocycles. The normalized spacial score (nSPS) is 8.62. The predicted molar refractivity (Wildman–Crippen MR) is 43.9 cm³/mol. The van der Waals surface area contributed by atoms with Crippen molar-refractivity contribution in [2.45, 2.75) is 6.42 Å². The highest BCUT2D eigenvalue weighted by molar-refractivity contribution is 14.2. The van der Waals surface area contributed by atoms with Crippen LogP contribution >= 0.6 is 28.3 Å². The SMILES string of the molecule is NC(=O)CC#CPI. The molecule has 1 atom stereocenters. The summed E-state index contributed by atoms with van der Waals surface area (Å²) >= 11 is 2.14. The van der Waals surface area contributed by atoms with Crippen molar-refractivity contribution >= 4 is 34.2 Å². The summed E-state index contributed by atoms with van der Waals surface area (Å²) in [6.07, 6.45) is 0.749. The van der Waals surface area contributed by atoms with Crippen molar-refractivity contribution in [1.29, 1.82) is 0 Å². The van der Waals surface area contributed by atoms with Gasteiger partial charge < -0.3 is 5.73 Å². The molecule has 2 N–H and O–H groups in total. The van der Waals surface area contributed by atoms with Crippen molar-refractivity contribution in [1.82, 2.24) is 0 Å². The van der Waals surface area contributed by atoms with E-state index in [1.807, 2.05) is 0 Å². The number of hydrogen-bond acceptors (Lipinski definition) is 1. The molecule has 0 spiro atoms. The van der Waals surface area contributed by atoms with Gasteiger partial charge in [-0.05, 0) is 22.0 Å². The van der Waals surface area contributed by atoms with E-state index in [-0.39, 0.29) is 12.3 Å². The second-order valence-corrected chi connectivity index (χ2v) is 3.10. The van der Waals surface area contributed by atoms with Gasteiger partial charge in [0.1, 0.15) is 0 Å². The van der Waals surface area contributed by atoms with Crippen molar-refractivity contribution in [3.63, 3.8) is 0 Å². The Balaban J connectivity index is 3.29. The second kappa shape index (κ2) is 5.33. The molecule has 44 valence electrons. The Bertz CT molecular complexity index is 137. The molecule has 0 aromatic carbocycles. The summed E-state index contributed by atoms with van der Waals surface area (Å²) in [6, 6.07) is 0. The molecule has 0 aromatic heterocycles. The molecule has 2 nitrogen and oxygen atoms in total. The molecule has 0 heterocycles. The minimum Gasteiger partial charge on any atom is -0.369 e. The van der Waals surface area contributed by atoms with E-state index in [2.05, 4.69) is 33.6 Å². The number of carbonyl (C=O) groups excluding carboxylic acids is 1. The molecule has 0 fully saturated rings. The van der Waals surface area contributed by atoms with Gasteiger partial charge in [-0.1, -0.05) is 11.6 Å². The molecule has 4 heteroatoms. The summed E-state index contributed by atoms with van der Waals surface area (Å²) in [5.74, 6) is 2.26. The first-order valence-corrected chi connectivity index (χ1v) is 6.00. The molecular formula is C4H5INOP. The summed E-state index contributed by atoms with van der Waals surface area (Å²) in [5.41, 5.74) is 7.54. The molecule has 8 heavy (non-hydrogen) atoms. The first-order chi connectivity index (χ1) is 3.77. The second-order valence-electron chi connectivity index (χ2n) is 1.04. The van der Waals surface area contributed by atoms with Crippen LogP contribution in [0, 0.1) is 11.6 Å². The van der Waals surface area contributed by atoms with E-state index in [0.717, 1.165) is 0 Å². The third-order valence-electron chi connectivity index (χ3n) is 0.398. The standard InChI is InChI=1S/C4H5INOP/c5-8-3-1-2-4(6)7/h8H,2H2,(H2,6,7). The molecule has 0 rings (SSSR count). The molecule has 1 unspecified atom stereocenters. The van der Waals surface area contributed by atoms with Crippen molar-refractivity contribution in [3.8, 4) is 11.6 Å². The van der Waals surface area contributed by atoms with Gasteiger partial charge in [0.25, 0.3) is 0 Å². The van der Waals surface area contributed by atoms with Crippen LogP contribution in [-0.2, 0) is 4.79 Å². The van der Waals surface area contributed by atoms with Gasteiger partial charge >= 0.3 is 0 Å². The lowest BCUT2D eigenvalue weighted by Crippen LogP contribution is -2.08. The summed E-state index contributed by atoms with van der Waals surface area (Å²) in [4.78, 5) is 9.99. The third kappa shape index (κ3) is 6.19. The topological polar surface area (TPSA) is 43.1 Å². The first-order valence-electron chi connectivity index (χ1n) is 1.89. The quantitative estimate of drug-likeness (QED) is 0.412. The molecule has 1 amide bonds. The molecule has 0 aliphatic heterocycles. The van der Waals surface area contributed by atoms with Crippen LogP contribution in [0.2, 0.25) is 0 Å². The lowest BCUT2D eigenvalue weighted by atomic mass is 10.4. The predicted octanol–water partition coefficient (Wildman–Crippen LogP) is 0.851. The zero-order chi connectivity index (χ0) is 6.41. The number of hydrogen-bond donors (Lipinski definition) is 1. The monoisotopic (exact) mass is 241 g/mol. The van der Waals surface area contributed by atoms with E-state index < -0.39 is 0 Å². The molecule has 0 aromatic rings. The molecular weight excluding hydrogens is 236 g/mol. The molecule has 0 bridgehead atoms. The van der Waals surface area contributed by atoms with E-state index in [0.29, 0.717) is 6.22 Å². The van der Waals surface area contributed by atoms with Crippen molar-refractivity contribution < 1.29 is 4.79 Å². The third-order valence-corrected chi connectivity index (χ3v) is 1.48. The maximum Gasteiger partial charge on any atom is 0.229 e. The fraction of sp³-hybridized carbons (Fsp3) is 0.250. The van der Waals surface area contributed by atoms with Gasteiger partial charge in [-0.15, -0.1) is 0 Å². The van der Waals surface area contributed by atoms with Crippen molar-refractivity contribution in [2.24, 2.45) is 5.73 Å². The minimum atomic E-state index is -0.354. The summed E-state index contributed by atoms with van der Waals surface area (Å²) < 4.78 is 0. The number of carbonyl (C=O) groups is 1. The van der Waals surface area contributed by atoms with Gasteiger partial charge in [-0.2, -0.15) is 0 Å². The summed E-state index contributed by atoms with van der Waals surface area (Å²) in [7, 11) is 0. The van der Waals surface area contributed by atoms with E-state index >= 15 is 0 Å². The van der Waals surface area contributed by atoms with E-state index in [1.54, 1.807) is 0 Å². The Morgan fingerprint density at radius 2 is 2.50 bits per heavy atom. The Morgan fingerprint density at radius 3 is 2.88 bits per heavy atom. The van der Waals surface area contributed by atoms with Crippen LogP contribution in [0.15, 0.2) is 0 Å². The fourth-order valence-corrected chi connectivity index (χ4v) is 0.892. The molecule has 0 radical (unpaired) electrons. The zero-order valence-corrected chi connectivity index (χ0v) is 7.23. The maximum atomic E-state index is 9.99. The van der Waals surface area contributed by atoms with Crippen LogP contribution in [0.25, 0.3) is 0 Å². The number of primary amides is 1. The Kier molecular flexibility index (Phi) is 5.46. The Hall–Kier alpha value is 0.190. The average Bonchev–Trinajstić information content (AvgIpc) is 1.66. The minimum absolute atomic E-state index is 0.190. The average molecular weight is 241 g/mol. The largest absolute Gasteiger partial charge is 0.369 e. The van der Waals surface area contributed by atoms with Gasteiger partial charge in [-0.3, -0.25) is 4.79 Å². The highest BCUT2D eigenvalue weighted by atomic mass is 127. The van der Waals surface area contributed by atoms with Gasteiger partial charge in [-0.25, -0.2) is 0 Å². The van der Waals surface area contributed by atoms with E-state index in [9.17, 15) is 4.79 Å². The van der Waals surface area contributed by atoms with Crippen molar-refractivity contribution in [2.75, 3.05) is 0 Å². The van der Waals surface area contributed by atoms with Crippen molar-refractivity contribution in [3.05, 3.63) is 0 Å². The van der Waals surface area contributed by atoms with Crippen LogP contribution in [-0.4, -0.2) is 5.91 Å². The highest BCUT2D eigenvalue weighted by Crippen LogP contribution is 2.16. The maximum absolute atomic E-state index is 9.99. The Morgan fingerprint density at radius 1 is 1.88 bits per heavy atom. The zero-order valence-electron chi connectivity index (χ0n) is 4.07. The number of halogens is 1. The number of amides is 1. The molecule has 0 aliphatic rings.